The van der Waals surface area contributed by atoms with E-state index < -0.39 is 9.73 Å². The molecule has 2 aliphatic rings. The highest BCUT2D eigenvalue weighted by Crippen LogP contribution is 2.33. The lowest BCUT2D eigenvalue weighted by Gasteiger charge is -2.36. The number of hydrogen-bond donors (Lipinski definition) is 2. The minimum Gasteiger partial charge on any atom is -0.375 e. The first-order valence-corrected chi connectivity index (χ1v) is 12.5. The maximum absolute atomic E-state index is 12.6. The minimum absolute atomic E-state index is 0.484. The quantitative estimate of drug-likeness (QED) is 0.745. The molecule has 2 fully saturated rings. The van der Waals surface area contributed by atoms with Crippen LogP contribution in [0.1, 0.15) is 65.7 Å². The van der Waals surface area contributed by atoms with E-state index in [2.05, 4.69) is 43.8 Å². The molecular weight excluding hydrogens is 354 g/mol. The van der Waals surface area contributed by atoms with E-state index in [0.29, 0.717) is 29.4 Å². The number of aromatic nitrogens is 1. The fourth-order valence-corrected chi connectivity index (χ4v) is 6.80. The summed E-state index contributed by atoms with van der Waals surface area (Å²) in [5.41, 5.74) is 2.73. The molecule has 0 radical (unpaired) electrons. The zero-order valence-corrected chi connectivity index (χ0v) is 18.3. The van der Waals surface area contributed by atoms with Gasteiger partial charge in [0, 0.05) is 56.8 Å². The first-order valence-electron chi connectivity index (χ1n) is 10.6. The molecule has 0 amide bonds. The van der Waals surface area contributed by atoms with Gasteiger partial charge in [0.05, 0.1) is 0 Å². The van der Waals surface area contributed by atoms with Crippen molar-refractivity contribution in [2.24, 2.45) is 11.8 Å². The third-order valence-electron chi connectivity index (χ3n) is 6.69. The summed E-state index contributed by atoms with van der Waals surface area (Å²) in [5.74, 6) is 2.37. The SMILES string of the molecule is CC/C(C)=c1/[nH]cc/c1=C(/C)N(C)[C@H]1CC[C@@H](CS(=N)(=O)CC2CC2)CC1. The average molecular weight is 392 g/mol. The van der Waals surface area contributed by atoms with Crippen LogP contribution in [-0.2, 0) is 9.73 Å². The molecule has 152 valence electrons. The smallest absolute Gasteiger partial charge is 0.0460 e. The molecule has 1 heterocycles. The van der Waals surface area contributed by atoms with Gasteiger partial charge in [-0.05, 0) is 82.3 Å². The maximum Gasteiger partial charge on any atom is 0.0460 e. The molecule has 0 spiro atoms. The van der Waals surface area contributed by atoms with E-state index in [1.54, 1.807) is 0 Å². The Kier molecular flexibility index (Phi) is 6.39. The molecule has 1 aromatic rings. The molecule has 2 saturated carbocycles. The summed E-state index contributed by atoms with van der Waals surface area (Å²) < 4.78 is 20.8. The van der Waals surface area contributed by atoms with E-state index in [0.717, 1.165) is 32.1 Å². The van der Waals surface area contributed by atoms with Gasteiger partial charge in [0.1, 0.15) is 0 Å². The Morgan fingerprint density at radius 3 is 2.22 bits per heavy atom. The summed E-state index contributed by atoms with van der Waals surface area (Å²) in [5, 5.41) is 2.59. The van der Waals surface area contributed by atoms with Crippen molar-refractivity contribution >= 4 is 21.0 Å². The molecule has 1 atom stereocenters. The van der Waals surface area contributed by atoms with Gasteiger partial charge in [0.15, 0.2) is 0 Å². The summed E-state index contributed by atoms with van der Waals surface area (Å²) in [7, 11) is -0.130. The maximum atomic E-state index is 12.6. The van der Waals surface area contributed by atoms with Crippen LogP contribution in [0.2, 0.25) is 0 Å². The summed E-state index contributed by atoms with van der Waals surface area (Å²) >= 11 is 0. The molecule has 5 heteroatoms. The number of H-pyrrole nitrogens is 1. The fourth-order valence-electron chi connectivity index (χ4n) is 4.48. The van der Waals surface area contributed by atoms with Gasteiger partial charge < -0.3 is 9.88 Å². The molecule has 27 heavy (non-hydrogen) atoms. The Hall–Kier alpha value is -1.23. The van der Waals surface area contributed by atoms with Gasteiger partial charge in [-0.25, -0.2) is 4.21 Å². The highest BCUT2D eigenvalue weighted by molar-refractivity contribution is 7.92. The second kappa shape index (κ2) is 8.42. The zero-order chi connectivity index (χ0) is 19.6. The van der Waals surface area contributed by atoms with Crippen LogP contribution in [0.5, 0.6) is 0 Å². The molecule has 0 aliphatic heterocycles. The van der Waals surface area contributed by atoms with Gasteiger partial charge in [0.25, 0.3) is 0 Å². The topological polar surface area (TPSA) is 60.0 Å². The molecule has 1 unspecified atom stereocenters. The van der Waals surface area contributed by atoms with Crippen LogP contribution in [0.15, 0.2) is 12.3 Å². The number of nitrogens with one attached hydrogen (secondary N) is 2. The molecule has 3 rings (SSSR count). The van der Waals surface area contributed by atoms with Crippen molar-refractivity contribution in [3.05, 3.63) is 22.8 Å². The van der Waals surface area contributed by atoms with Gasteiger partial charge >= 0.3 is 0 Å². The van der Waals surface area contributed by atoms with Crippen molar-refractivity contribution in [3.8, 4) is 0 Å². The van der Waals surface area contributed by atoms with E-state index >= 15 is 0 Å². The van der Waals surface area contributed by atoms with Crippen molar-refractivity contribution in [1.29, 1.82) is 4.78 Å². The van der Waals surface area contributed by atoms with Crippen LogP contribution in [-0.4, -0.2) is 38.7 Å². The standard InChI is InChI=1S/C22H37N3OS/c1-5-16(2)22-21(12-13-24-22)17(3)25(4)20-10-8-19(9-11-20)15-27(23,26)14-18-6-7-18/h12-13,18-20,23-24H,5-11,14-15H2,1-4H3/b21-17+,22-16+/t19-,20+,27?. The van der Waals surface area contributed by atoms with Crippen LogP contribution in [0.4, 0.5) is 0 Å². The molecule has 0 aromatic carbocycles. The second-order valence-corrected chi connectivity index (χ2v) is 11.1. The van der Waals surface area contributed by atoms with Crippen molar-refractivity contribution in [3.63, 3.8) is 0 Å². The molecule has 2 aliphatic carbocycles. The minimum atomic E-state index is -2.35. The molecule has 0 bridgehead atoms. The van der Waals surface area contributed by atoms with E-state index in [1.165, 1.54) is 34.7 Å². The van der Waals surface area contributed by atoms with Gasteiger partial charge in [-0.1, -0.05) is 6.92 Å². The number of aromatic amines is 1. The van der Waals surface area contributed by atoms with Gasteiger partial charge in [0.2, 0.25) is 0 Å². The Labute approximate surface area is 165 Å². The van der Waals surface area contributed by atoms with E-state index in [-0.39, 0.29) is 0 Å². The van der Waals surface area contributed by atoms with E-state index in [1.807, 2.05) is 6.20 Å². The van der Waals surface area contributed by atoms with Crippen molar-refractivity contribution in [1.82, 2.24) is 9.88 Å². The molecule has 4 nitrogen and oxygen atoms in total. The van der Waals surface area contributed by atoms with Crippen LogP contribution in [0, 0.1) is 16.6 Å². The van der Waals surface area contributed by atoms with Crippen molar-refractivity contribution < 1.29 is 4.21 Å². The highest BCUT2D eigenvalue weighted by atomic mass is 32.2. The number of rotatable bonds is 7. The van der Waals surface area contributed by atoms with Crippen LogP contribution in [0.3, 0.4) is 0 Å². The predicted molar refractivity (Wildman–Crippen MR) is 115 cm³/mol. The highest BCUT2D eigenvalue weighted by Gasteiger charge is 2.30. The monoisotopic (exact) mass is 391 g/mol. The fraction of sp³-hybridized carbons (Fsp3) is 0.727. The Morgan fingerprint density at radius 2 is 1.70 bits per heavy atom. The summed E-state index contributed by atoms with van der Waals surface area (Å²) in [6.07, 6.45) is 10.0. The van der Waals surface area contributed by atoms with E-state index in [4.69, 9.17) is 4.78 Å². The Morgan fingerprint density at radius 1 is 1.15 bits per heavy atom. The largest absolute Gasteiger partial charge is 0.375 e. The Balaban J connectivity index is 1.64. The first kappa shape index (κ1) is 20.5. The number of hydrogen-bond acceptors (Lipinski definition) is 3. The van der Waals surface area contributed by atoms with Crippen molar-refractivity contribution in [2.75, 3.05) is 18.6 Å². The molecular formula is C22H37N3OS. The first-order chi connectivity index (χ1) is 12.8. The molecule has 0 saturated heterocycles. The summed E-state index contributed by atoms with van der Waals surface area (Å²) in [6, 6.07) is 2.75. The summed E-state index contributed by atoms with van der Waals surface area (Å²) in [4.78, 5) is 5.86. The van der Waals surface area contributed by atoms with Gasteiger partial charge in [-0.15, -0.1) is 0 Å². The van der Waals surface area contributed by atoms with Gasteiger partial charge in [-0.3, -0.25) is 4.78 Å². The third kappa shape index (κ3) is 5.18. The van der Waals surface area contributed by atoms with Gasteiger partial charge in [-0.2, -0.15) is 0 Å². The lowest BCUT2D eigenvalue weighted by molar-refractivity contribution is 0.229. The molecule has 1 aromatic heterocycles. The van der Waals surface area contributed by atoms with Crippen molar-refractivity contribution in [2.45, 2.75) is 71.8 Å². The zero-order valence-electron chi connectivity index (χ0n) is 17.5. The average Bonchev–Trinajstić information content (AvgIpc) is 3.30. The normalized spacial score (nSPS) is 27.7. The third-order valence-corrected chi connectivity index (χ3v) is 8.71. The number of nitrogens with zero attached hydrogens (tertiary/aromatic N) is 1. The van der Waals surface area contributed by atoms with Crippen LogP contribution >= 0.6 is 0 Å². The Bertz CT molecular complexity index is 856. The lowest BCUT2D eigenvalue weighted by Crippen LogP contribution is -2.39. The van der Waals surface area contributed by atoms with Crippen LogP contribution < -0.4 is 10.6 Å². The van der Waals surface area contributed by atoms with Crippen LogP contribution in [0.25, 0.3) is 11.3 Å². The summed E-state index contributed by atoms with van der Waals surface area (Å²) in [6.45, 7) is 6.63. The lowest BCUT2D eigenvalue weighted by atomic mass is 9.86. The van der Waals surface area contributed by atoms with E-state index in [9.17, 15) is 4.21 Å². The predicted octanol–water partition coefficient (Wildman–Crippen LogP) is 3.67. The molecule has 2 N–H and O–H groups in total. The second-order valence-electron chi connectivity index (χ2n) is 8.86.